The van der Waals surface area contributed by atoms with E-state index in [2.05, 4.69) is 20.3 Å². The smallest absolute Gasteiger partial charge is 0.187 e. The Hall–Kier alpha value is -1.40. The maximum absolute atomic E-state index is 10.4. The third-order valence-corrected chi connectivity index (χ3v) is 4.46. The van der Waals surface area contributed by atoms with Gasteiger partial charge in [-0.1, -0.05) is 11.8 Å². The highest BCUT2D eigenvalue weighted by molar-refractivity contribution is 7.98. The molecule has 2 N–H and O–H groups in total. The summed E-state index contributed by atoms with van der Waals surface area (Å²) >= 11 is 1.51. The summed E-state index contributed by atoms with van der Waals surface area (Å²) in [5.74, 6) is 0.729. The fourth-order valence-corrected chi connectivity index (χ4v) is 3.03. The van der Waals surface area contributed by atoms with E-state index in [0.29, 0.717) is 0 Å². The number of pyridine rings is 1. The van der Waals surface area contributed by atoms with Crippen LogP contribution in [-0.4, -0.2) is 38.0 Å². The standard InChI is InChI=1S/C14H18N4OS/c1-14(19)6-3-4-10(14)17-12-11-9(5-7-15-12)8-16-13(18-11)20-2/h5,7-8,10,19H,3-4,6H2,1-2H3,(H,15,17)/t10?,14-/m1/s1. The summed E-state index contributed by atoms with van der Waals surface area (Å²) in [7, 11) is 0. The highest BCUT2D eigenvalue weighted by atomic mass is 32.2. The second-order valence-corrected chi connectivity index (χ2v) is 6.17. The maximum Gasteiger partial charge on any atom is 0.187 e. The molecule has 1 saturated carbocycles. The first-order valence-electron chi connectivity index (χ1n) is 6.75. The summed E-state index contributed by atoms with van der Waals surface area (Å²) in [6.07, 6.45) is 8.31. The first-order valence-corrected chi connectivity index (χ1v) is 7.97. The molecule has 0 spiro atoms. The minimum atomic E-state index is -0.681. The van der Waals surface area contributed by atoms with E-state index < -0.39 is 5.60 Å². The Morgan fingerprint density at radius 1 is 1.45 bits per heavy atom. The summed E-state index contributed by atoms with van der Waals surface area (Å²) in [4.78, 5) is 13.2. The predicted octanol–water partition coefficient (Wildman–Crippen LogP) is 2.46. The van der Waals surface area contributed by atoms with Crippen molar-refractivity contribution in [3.63, 3.8) is 0 Å². The Morgan fingerprint density at radius 2 is 2.30 bits per heavy atom. The topological polar surface area (TPSA) is 70.9 Å². The molecule has 0 aromatic carbocycles. The molecule has 0 aliphatic heterocycles. The molecular formula is C14H18N4OS. The second-order valence-electron chi connectivity index (χ2n) is 5.40. The van der Waals surface area contributed by atoms with Crippen molar-refractivity contribution in [3.8, 4) is 0 Å². The lowest BCUT2D eigenvalue weighted by Crippen LogP contribution is -2.39. The molecule has 5 nitrogen and oxygen atoms in total. The van der Waals surface area contributed by atoms with Gasteiger partial charge in [-0.25, -0.2) is 15.0 Å². The maximum atomic E-state index is 10.4. The zero-order valence-corrected chi connectivity index (χ0v) is 12.4. The number of thioether (sulfide) groups is 1. The van der Waals surface area contributed by atoms with E-state index in [1.54, 1.807) is 6.20 Å². The van der Waals surface area contributed by atoms with Crippen LogP contribution in [0.5, 0.6) is 0 Å². The summed E-state index contributed by atoms with van der Waals surface area (Å²) in [6.45, 7) is 1.88. The van der Waals surface area contributed by atoms with E-state index in [1.165, 1.54) is 11.8 Å². The first kappa shape index (κ1) is 13.6. The molecule has 1 unspecified atom stereocenters. The molecule has 20 heavy (non-hydrogen) atoms. The molecule has 2 atom stereocenters. The molecule has 0 radical (unpaired) electrons. The number of fused-ring (bicyclic) bond motifs is 1. The SMILES string of the molecule is CSc1ncc2ccnc(NC3CCC[C@@]3(C)O)c2n1. The Labute approximate surface area is 122 Å². The summed E-state index contributed by atoms with van der Waals surface area (Å²) in [6, 6.07) is 1.92. The molecule has 1 aliphatic rings. The lowest BCUT2D eigenvalue weighted by molar-refractivity contribution is 0.0578. The van der Waals surface area contributed by atoms with Crippen LogP contribution in [0.4, 0.5) is 5.82 Å². The van der Waals surface area contributed by atoms with Gasteiger partial charge in [0.2, 0.25) is 0 Å². The molecule has 2 aromatic heterocycles. The molecule has 2 heterocycles. The molecular weight excluding hydrogens is 272 g/mol. The Kier molecular flexibility index (Phi) is 3.52. The third-order valence-electron chi connectivity index (χ3n) is 3.90. The fraction of sp³-hybridized carbons (Fsp3) is 0.500. The lowest BCUT2D eigenvalue weighted by Gasteiger charge is -2.27. The van der Waals surface area contributed by atoms with Gasteiger partial charge in [0.15, 0.2) is 11.0 Å². The molecule has 0 bridgehead atoms. The molecule has 106 valence electrons. The van der Waals surface area contributed by atoms with Gasteiger partial charge < -0.3 is 10.4 Å². The van der Waals surface area contributed by atoms with Crippen LogP contribution < -0.4 is 5.32 Å². The largest absolute Gasteiger partial charge is 0.388 e. The van der Waals surface area contributed by atoms with Gasteiger partial charge in [0.05, 0.1) is 11.6 Å². The van der Waals surface area contributed by atoms with Crippen molar-refractivity contribution in [2.45, 2.75) is 43.0 Å². The zero-order chi connectivity index (χ0) is 14.2. The first-order chi connectivity index (χ1) is 9.60. The highest BCUT2D eigenvalue weighted by Gasteiger charge is 2.37. The van der Waals surface area contributed by atoms with Gasteiger partial charge in [-0.3, -0.25) is 0 Å². The zero-order valence-electron chi connectivity index (χ0n) is 11.6. The third kappa shape index (κ3) is 2.45. The van der Waals surface area contributed by atoms with Crippen LogP contribution in [0.3, 0.4) is 0 Å². The Bertz CT molecular complexity index is 632. The van der Waals surface area contributed by atoms with Crippen LogP contribution in [-0.2, 0) is 0 Å². The van der Waals surface area contributed by atoms with Gasteiger partial charge >= 0.3 is 0 Å². The predicted molar refractivity (Wildman–Crippen MR) is 81.0 cm³/mol. The van der Waals surface area contributed by atoms with Crippen LogP contribution in [0.1, 0.15) is 26.2 Å². The molecule has 1 fully saturated rings. The molecule has 0 saturated heterocycles. The monoisotopic (exact) mass is 290 g/mol. The van der Waals surface area contributed by atoms with E-state index in [4.69, 9.17) is 0 Å². The molecule has 2 aromatic rings. The quantitative estimate of drug-likeness (QED) is 0.668. The van der Waals surface area contributed by atoms with Gasteiger partial charge in [0, 0.05) is 17.8 Å². The van der Waals surface area contributed by atoms with Crippen molar-refractivity contribution in [1.82, 2.24) is 15.0 Å². The summed E-state index contributed by atoms with van der Waals surface area (Å²) in [5, 5.41) is 15.4. The number of aliphatic hydroxyl groups is 1. The number of rotatable bonds is 3. The van der Waals surface area contributed by atoms with Crippen molar-refractivity contribution in [2.24, 2.45) is 0 Å². The number of hydrogen-bond donors (Lipinski definition) is 2. The van der Waals surface area contributed by atoms with Crippen LogP contribution >= 0.6 is 11.8 Å². The van der Waals surface area contributed by atoms with E-state index in [-0.39, 0.29) is 6.04 Å². The summed E-state index contributed by atoms with van der Waals surface area (Å²) < 4.78 is 0. The lowest BCUT2D eigenvalue weighted by atomic mass is 10.0. The van der Waals surface area contributed by atoms with E-state index in [1.807, 2.05) is 25.4 Å². The van der Waals surface area contributed by atoms with Gasteiger partial charge in [0.1, 0.15) is 5.52 Å². The highest BCUT2D eigenvalue weighted by Crippen LogP contribution is 2.32. The van der Waals surface area contributed by atoms with Crippen molar-refractivity contribution in [2.75, 3.05) is 11.6 Å². The molecule has 1 aliphatic carbocycles. The van der Waals surface area contributed by atoms with Gasteiger partial charge in [-0.15, -0.1) is 0 Å². The van der Waals surface area contributed by atoms with Gasteiger partial charge in [0.25, 0.3) is 0 Å². The second kappa shape index (κ2) is 5.18. The van der Waals surface area contributed by atoms with Crippen LogP contribution in [0.2, 0.25) is 0 Å². The van der Waals surface area contributed by atoms with Crippen LogP contribution in [0.25, 0.3) is 10.9 Å². The van der Waals surface area contributed by atoms with Crippen molar-refractivity contribution < 1.29 is 5.11 Å². The Morgan fingerprint density at radius 3 is 3.00 bits per heavy atom. The fourth-order valence-electron chi connectivity index (χ4n) is 2.69. The number of anilines is 1. The van der Waals surface area contributed by atoms with Gasteiger partial charge in [-0.2, -0.15) is 0 Å². The number of nitrogens with one attached hydrogen (secondary N) is 1. The number of nitrogens with zero attached hydrogens (tertiary/aromatic N) is 3. The normalized spacial score (nSPS) is 26.1. The van der Waals surface area contributed by atoms with E-state index in [9.17, 15) is 5.11 Å². The van der Waals surface area contributed by atoms with E-state index >= 15 is 0 Å². The molecule has 6 heteroatoms. The number of hydrogen-bond acceptors (Lipinski definition) is 6. The van der Waals surface area contributed by atoms with Gasteiger partial charge in [-0.05, 0) is 38.5 Å². The molecule has 3 rings (SSSR count). The van der Waals surface area contributed by atoms with Crippen LogP contribution in [0.15, 0.2) is 23.6 Å². The summed E-state index contributed by atoms with van der Waals surface area (Å²) in [5.41, 5.74) is 0.133. The number of aromatic nitrogens is 3. The van der Waals surface area contributed by atoms with Crippen molar-refractivity contribution in [3.05, 3.63) is 18.5 Å². The Balaban J connectivity index is 1.98. The molecule has 0 amide bonds. The van der Waals surface area contributed by atoms with Crippen LogP contribution in [0, 0.1) is 0 Å². The minimum Gasteiger partial charge on any atom is -0.388 e. The van der Waals surface area contributed by atoms with Crippen molar-refractivity contribution >= 4 is 28.5 Å². The minimum absolute atomic E-state index is 0.0216. The van der Waals surface area contributed by atoms with Crippen molar-refractivity contribution in [1.29, 1.82) is 0 Å². The average molecular weight is 290 g/mol. The average Bonchev–Trinajstić information content (AvgIpc) is 2.78. The van der Waals surface area contributed by atoms with E-state index in [0.717, 1.165) is 41.1 Å².